The maximum atomic E-state index is 13.2. The van der Waals surface area contributed by atoms with Crippen molar-refractivity contribution in [1.29, 1.82) is 5.26 Å². The van der Waals surface area contributed by atoms with E-state index in [0.717, 1.165) is 54.4 Å². The van der Waals surface area contributed by atoms with Crippen LogP contribution in [0.3, 0.4) is 0 Å². The highest BCUT2D eigenvalue weighted by molar-refractivity contribution is 5.90. The Kier molecular flexibility index (Phi) is 7.37. The van der Waals surface area contributed by atoms with E-state index in [0.29, 0.717) is 26.1 Å². The molecule has 39 heavy (non-hydrogen) atoms. The van der Waals surface area contributed by atoms with E-state index in [1.165, 1.54) is 31.2 Å². The molecule has 1 amide bonds. The van der Waals surface area contributed by atoms with E-state index in [2.05, 4.69) is 52.5 Å². The molecule has 2 saturated carbocycles. The summed E-state index contributed by atoms with van der Waals surface area (Å²) in [6.45, 7) is 2.76. The number of allylic oxidation sites excluding steroid dienone is 1. The number of nitrogens with zero attached hydrogens (tertiary/aromatic N) is 2. The van der Waals surface area contributed by atoms with Gasteiger partial charge in [-0.05, 0) is 66.7 Å². The normalized spacial score (nSPS) is 29.0. The largest absolute Gasteiger partial charge is 0.390 e. The van der Waals surface area contributed by atoms with Crippen LogP contribution < -0.4 is 21.7 Å². The summed E-state index contributed by atoms with van der Waals surface area (Å²) in [6.07, 6.45) is 14.9. The van der Waals surface area contributed by atoms with Crippen molar-refractivity contribution >= 4 is 11.5 Å². The quantitative estimate of drug-likeness (QED) is 0.326. The standard InChI is InChI=1S/C31H40N6O2/c32-17-24(19-34-18-21-4-1-2-5-21)23-7-3-6-22(14-23)15-27-29(39-27)36-28-16-26(10-12-35-28)37-13-11-31(20-33,30(37)38)25-8-9-25/h3,6-7,10,14,16,19,21,25,27,29,34-36H,1-2,4-5,8-9,11-13,15,17-18,32H2/b24-19+. The first kappa shape index (κ1) is 26.0. The lowest BCUT2D eigenvalue weighted by Gasteiger charge is -2.25. The lowest BCUT2D eigenvalue weighted by molar-refractivity contribution is -0.132. The van der Waals surface area contributed by atoms with Gasteiger partial charge >= 0.3 is 0 Å². The molecular formula is C31H40N6O2. The Morgan fingerprint density at radius 2 is 2.13 bits per heavy atom. The maximum Gasteiger partial charge on any atom is 0.247 e. The monoisotopic (exact) mass is 528 g/mol. The number of nitriles is 1. The molecule has 3 heterocycles. The topological polar surface area (TPSA) is 119 Å². The van der Waals surface area contributed by atoms with Gasteiger partial charge in [0, 0.05) is 50.6 Å². The van der Waals surface area contributed by atoms with Crippen LogP contribution >= 0.6 is 0 Å². The third-order valence-corrected chi connectivity index (χ3v) is 9.03. The maximum absolute atomic E-state index is 13.2. The number of ether oxygens (including phenoxy) is 1. The molecule has 0 spiro atoms. The van der Waals surface area contributed by atoms with Crippen LogP contribution in [0.2, 0.25) is 0 Å². The van der Waals surface area contributed by atoms with Crippen molar-refractivity contribution < 1.29 is 9.53 Å². The van der Waals surface area contributed by atoms with Crippen molar-refractivity contribution in [3.63, 3.8) is 0 Å². The first-order valence-corrected chi connectivity index (χ1v) is 14.6. The van der Waals surface area contributed by atoms with Crippen molar-refractivity contribution in [2.24, 2.45) is 23.0 Å². The number of amides is 1. The lowest BCUT2D eigenvalue weighted by atomic mass is 9.83. The molecule has 206 valence electrons. The van der Waals surface area contributed by atoms with Crippen molar-refractivity contribution in [3.05, 3.63) is 65.3 Å². The number of rotatable bonds is 11. The van der Waals surface area contributed by atoms with Crippen molar-refractivity contribution in [1.82, 2.24) is 20.9 Å². The summed E-state index contributed by atoms with van der Waals surface area (Å²) in [5.41, 5.74) is 9.63. The summed E-state index contributed by atoms with van der Waals surface area (Å²) >= 11 is 0. The summed E-state index contributed by atoms with van der Waals surface area (Å²) in [5.74, 6) is 1.83. The fourth-order valence-corrected chi connectivity index (χ4v) is 6.47. The molecule has 5 aliphatic rings. The number of likely N-dealkylation sites (tertiary alicyclic amines) is 1. The number of carbonyl (C=O) groups excluding carboxylic acids is 1. The van der Waals surface area contributed by atoms with Gasteiger partial charge in [0.15, 0.2) is 6.23 Å². The van der Waals surface area contributed by atoms with E-state index >= 15 is 0 Å². The Bertz CT molecular complexity index is 1220. The van der Waals surface area contributed by atoms with Crippen molar-refractivity contribution in [2.75, 3.05) is 26.2 Å². The minimum Gasteiger partial charge on any atom is -0.390 e. The SMILES string of the molecule is N#CC1(C2CC2)CCN(C2=CCNC(NC3OC3Cc3cccc(/C(=C/NCC4CCCC4)CN)c3)=C2)C1=O. The number of dihydropyridines is 1. The molecule has 5 N–H and O–H groups in total. The van der Waals surface area contributed by atoms with E-state index in [-0.39, 0.29) is 24.2 Å². The second-order valence-electron chi connectivity index (χ2n) is 11.7. The summed E-state index contributed by atoms with van der Waals surface area (Å²) in [4.78, 5) is 15.0. The number of epoxide rings is 1. The molecule has 1 aromatic carbocycles. The number of nitrogens with one attached hydrogen (secondary N) is 3. The van der Waals surface area contributed by atoms with E-state index in [4.69, 9.17) is 10.5 Å². The Morgan fingerprint density at radius 1 is 1.28 bits per heavy atom. The minimum absolute atomic E-state index is 0.0312. The molecular weight excluding hydrogens is 488 g/mol. The molecule has 6 rings (SSSR count). The number of carbonyl (C=O) groups is 1. The predicted octanol–water partition coefficient (Wildman–Crippen LogP) is 3.10. The second kappa shape index (κ2) is 11.1. The van der Waals surface area contributed by atoms with Crippen molar-refractivity contribution in [2.45, 2.75) is 63.7 Å². The van der Waals surface area contributed by atoms with E-state index < -0.39 is 5.41 Å². The second-order valence-corrected chi connectivity index (χ2v) is 11.7. The summed E-state index contributed by atoms with van der Waals surface area (Å²) in [6, 6.07) is 10.9. The van der Waals surface area contributed by atoms with Gasteiger partial charge in [-0.15, -0.1) is 0 Å². The van der Waals surface area contributed by atoms with Crippen LogP contribution in [-0.4, -0.2) is 49.3 Å². The molecule has 3 atom stereocenters. The molecule has 4 fully saturated rings. The van der Waals surface area contributed by atoms with Gasteiger partial charge in [-0.1, -0.05) is 37.1 Å². The Hall–Kier alpha value is -3.28. The van der Waals surface area contributed by atoms with E-state index in [9.17, 15) is 10.1 Å². The average Bonchev–Trinajstić information content (AvgIpc) is 3.85. The van der Waals surface area contributed by atoms with Gasteiger partial charge < -0.3 is 31.3 Å². The third kappa shape index (κ3) is 5.57. The van der Waals surface area contributed by atoms with Gasteiger partial charge in [0.05, 0.1) is 6.07 Å². The fraction of sp³-hybridized carbons (Fsp3) is 0.548. The Morgan fingerprint density at radius 3 is 2.90 bits per heavy atom. The summed E-state index contributed by atoms with van der Waals surface area (Å²) in [5, 5.41) is 20.1. The smallest absolute Gasteiger partial charge is 0.247 e. The van der Waals surface area contributed by atoms with Crippen LogP contribution in [0.1, 0.15) is 56.1 Å². The van der Waals surface area contributed by atoms with Crippen molar-refractivity contribution in [3.8, 4) is 6.07 Å². The van der Waals surface area contributed by atoms with Gasteiger partial charge in [0.1, 0.15) is 17.3 Å². The fourth-order valence-electron chi connectivity index (χ4n) is 6.47. The highest BCUT2D eigenvalue weighted by Crippen LogP contribution is 2.52. The summed E-state index contributed by atoms with van der Waals surface area (Å²) in [7, 11) is 0. The van der Waals surface area contributed by atoms with Crippen LogP contribution in [0.4, 0.5) is 0 Å². The molecule has 0 bridgehead atoms. The highest BCUT2D eigenvalue weighted by atomic mass is 16.6. The average molecular weight is 529 g/mol. The van der Waals surface area contributed by atoms with Gasteiger partial charge in [-0.3, -0.25) is 4.79 Å². The Labute approximate surface area is 231 Å². The Balaban J connectivity index is 1.03. The molecule has 8 nitrogen and oxygen atoms in total. The molecule has 0 radical (unpaired) electrons. The zero-order valence-electron chi connectivity index (χ0n) is 22.6. The zero-order chi connectivity index (χ0) is 26.8. The molecule has 2 aliphatic carbocycles. The van der Waals surface area contributed by atoms with Crippen LogP contribution in [-0.2, 0) is 16.0 Å². The van der Waals surface area contributed by atoms with Crippen LogP contribution in [0, 0.1) is 28.6 Å². The van der Waals surface area contributed by atoms with Gasteiger partial charge in [-0.2, -0.15) is 5.26 Å². The number of hydrogen-bond donors (Lipinski definition) is 4. The number of nitrogens with two attached hydrogens (primary N) is 1. The number of benzene rings is 1. The van der Waals surface area contributed by atoms with Crippen LogP contribution in [0.25, 0.3) is 5.57 Å². The third-order valence-electron chi connectivity index (χ3n) is 9.03. The van der Waals surface area contributed by atoms with E-state index in [1.54, 1.807) is 4.90 Å². The lowest BCUT2D eigenvalue weighted by Crippen LogP contribution is -2.38. The molecule has 1 aromatic rings. The molecule has 0 aromatic heterocycles. The minimum atomic E-state index is -0.822. The summed E-state index contributed by atoms with van der Waals surface area (Å²) < 4.78 is 5.96. The molecule has 8 heteroatoms. The molecule has 3 unspecified atom stereocenters. The van der Waals surface area contributed by atoms with Crippen LogP contribution in [0.5, 0.6) is 0 Å². The first-order valence-electron chi connectivity index (χ1n) is 14.6. The van der Waals surface area contributed by atoms with Gasteiger partial charge in [0.25, 0.3) is 0 Å². The van der Waals surface area contributed by atoms with Crippen LogP contribution in [0.15, 0.2) is 54.1 Å². The van der Waals surface area contributed by atoms with E-state index in [1.807, 2.05) is 12.2 Å². The molecule has 3 aliphatic heterocycles. The first-order chi connectivity index (χ1) is 19.1. The highest BCUT2D eigenvalue weighted by Gasteiger charge is 2.57. The van der Waals surface area contributed by atoms with Gasteiger partial charge in [0.2, 0.25) is 5.91 Å². The predicted molar refractivity (Wildman–Crippen MR) is 150 cm³/mol. The number of hydrogen-bond acceptors (Lipinski definition) is 7. The zero-order valence-corrected chi connectivity index (χ0v) is 22.6. The molecule has 2 saturated heterocycles. The van der Waals surface area contributed by atoms with Gasteiger partial charge in [-0.25, -0.2) is 0 Å².